The Hall–Kier alpha value is -2.37. The van der Waals surface area contributed by atoms with Gasteiger partial charge in [0, 0.05) is 50.3 Å². The molecule has 2 heterocycles. The standard InChI is InChI=1S/C19H24N4O2/c1-22(2)16-7-5-15(6-8-16)19(24)23-11-9-14(10-12-23)18-21-20-17(25-18)13-3-4-13/h5-8,13-14H,3-4,9-12H2,1-2H3. The number of likely N-dealkylation sites (tertiary alicyclic amines) is 1. The number of amides is 1. The minimum absolute atomic E-state index is 0.105. The first-order valence-corrected chi connectivity index (χ1v) is 9.02. The van der Waals surface area contributed by atoms with Crippen molar-refractivity contribution in [3.05, 3.63) is 41.6 Å². The van der Waals surface area contributed by atoms with E-state index in [-0.39, 0.29) is 11.8 Å². The second kappa shape index (κ2) is 6.50. The van der Waals surface area contributed by atoms with Gasteiger partial charge in [-0.3, -0.25) is 4.79 Å². The summed E-state index contributed by atoms with van der Waals surface area (Å²) in [5.74, 6) is 2.43. The fourth-order valence-electron chi connectivity index (χ4n) is 3.32. The highest BCUT2D eigenvalue weighted by atomic mass is 16.4. The number of rotatable bonds is 4. The number of carbonyl (C=O) groups excluding carboxylic acids is 1. The minimum atomic E-state index is 0.105. The fraction of sp³-hybridized carbons (Fsp3) is 0.526. The summed E-state index contributed by atoms with van der Waals surface area (Å²) in [6.07, 6.45) is 4.10. The third-order valence-corrected chi connectivity index (χ3v) is 5.14. The van der Waals surface area contributed by atoms with Crippen molar-refractivity contribution in [1.82, 2.24) is 15.1 Å². The van der Waals surface area contributed by atoms with Crippen LogP contribution in [-0.2, 0) is 0 Å². The molecule has 2 fully saturated rings. The third kappa shape index (κ3) is 3.38. The van der Waals surface area contributed by atoms with Crippen molar-refractivity contribution >= 4 is 11.6 Å². The van der Waals surface area contributed by atoms with Gasteiger partial charge in [0.25, 0.3) is 5.91 Å². The smallest absolute Gasteiger partial charge is 0.253 e. The molecule has 0 N–H and O–H groups in total. The molecule has 0 spiro atoms. The summed E-state index contributed by atoms with van der Waals surface area (Å²) in [5, 5.41) is 8.41. The lowest BCUT2D eigenvalue weighted by Gasteiger charge is -2.30. The van der Waals surface area contributed by atoms with Gasteiger partial charge in [0.05, 0.1) is 0 Å². The molecule has 2 aromatic rings. The van der Waals surface area contributed by atoms with Crippen LogP contribution in [0.15, 0.2) is 28.7 Å². The van der Waals surface area contributed by atoms with E-state index in [1.54, 1.807) is 0 Å². The lowest BCUT2D eigenvalue weighted by Crippen LogP contribution is -2.38. The maximum absolute atomic E-state index is 12.7. The Balaban J connectivity index is 1.36. The van der Waals surface area contributed by atoms with Crippen LogP contribution in [0, 0.1) is 0 Å². The first-order valence-electron chi connectivity index (χ1n) is 9.02. The Morgan fingerprint density at radius 1 is 1.00 bits per heavy atom. The van der Waals surface area contributed by atoms with Crippen molar-refractivity contribution in [2.75, 3.05) is 32.1 Å². The largest absolute Gasteiger partial charge is 0.425 e. The molecule has 132 valence electrons. The van der Waals surface area contributed by atoms with E-state index in [4.69, 9.17) is 4.42 Å². The van der Waals surface area contributed by atoms with Crippen molar-refractivity contribution in [1.29, 1.82) is 0 Å². The van der Waals surface area contributed by atoms with Gasteiger partial charge in [0.2, 0.25) is 11.8 Å². The SMILES string of the molecule is CN(C)c1ccc(C(=O)N2CCC(c3nnc(C4CC4)o3)CC2)cc1. The highest BCUT2D eigenvalue weighted by molar-refractivity contribution is 5.94. The molecule has 1 aliphatic carbocycles. The molecule has 6 heteroatoms. The van der Waals surface area contributed by atoms with Crippen LogP contribution < -0.4 is 4.90 Å². The summed E-state index contributed by atoms with van der Waals surface area (Å²) in [7, 11) is 3.99. The van der Waals surface area contributed by atoms with Crippen molar-refractivity contribution in [2.45, 2.75) is 37.5 Å². The molecule has 0 atom stereocenters. The van der Waals surface area contributed by atoms with Crippen LogP contribution >= 0.6 is 0 Å². The van der Waals surface area contributed by atoms with Crippen LogP contribution in [0.5, 0.6) is 0 Å². The lowest BCUT2D eigenvalue weighted by molar-refractivity contribution is 0.0706. The Labute approximate surface area is 147 Å². The quantitative estimate of drug-likeness (QED) is 0.856. The number of piperidine rings is 1. The summed E-state index contributed by atoms with van der Waals surface area (Å²) in [4.78, 5) is 16.6. The topological polar surface area (TPSA) is 62.5 Å². The molecule has 0 radical (unpaired) electrons. The maximum Gasteiger partial charge on any atom is 0.253 e. The number of carbonyl (C=O) groups is 1. The summed E-state index contributed by atoms with van der Waals surface area (Å²) < 4.78 is 5.83. The first kappa shape index (κ1) is 16.1. The van der Waals surface area contributed by atoms with E-state index in [0.717, 1.165) is 49.0 Å². The van der Waals surface area contributed by atoms with E-state index < -0.39 is 0 Å². The number of anilines is 1. The summed E-state index contributed by atoms with van der Waals surface area (Å²) in [6, 6.07) is 7.78. The predicted octanol–water partition coefficient (Wildman–Crippen LogP) is 3.03. The van der Waals surface area contributed by atoms with Crippen molar-refractivity contribution in [3.8, 4) is 0 Å². The Kier molecular flexibility index (Phi) is 4.19. The Morgan fingerprint density at radius 2 is 1.56 bits per heavy atom. The average Bonchev–Trinajstić information content (AvgIpc) is 3.38. The molecule has 1 amide bonds. The first-order chi connectivity index (χ1) is 12.1. The van der Waals surface area contributed by atoms with Crippen molar-refractivity contribution in [3.63, 3.8) is 0 Å². The number of hydrogen-bond acceptors (Lipinski definition) is 5. The van der Waals surface area contributed by atoms with E-state index >= 15 is 0 Å². The summed E-state index contributed by atoms with van der Waals surface area (Å²) >= 11 is 0. The van der Waals surface area contributed by atoms with Crippen LogP contribution in [0.1, 0.15) is 59.7 Å². The normalized spacial score (nSPS) is 18.4. The fourth-order valence-corrected chi connectivity index (χ4v) is 3.32. The van der Waals surface area contributed by atoms with Gasteiger partial charge < -0.3 is 14.2 Å². The molecule has 6 nitrogen and oxygen atoms in total. The van der Waals surface area contributed by atoms with Gasteiger partial charge in [-0.1, -0.05) is 0 Å². The molecular formula is C19H24N4O2. The number of aromatic nitrogens is 2. The number of benzene rings is 1. The van der Waals surface area contributed by atoms with Gasteiger partial charge in [0.15, 0.2) is 0 Å². The average molecular weight is 340 g/mol. The molecule has 25 heavy (non-hydrogen) atoms. The lowest BCUT2D eigenvalue weighted by atomic mass is 9.96. The maximum atomic E-state index is 12.7. The molecule has 1 aromatic heterocycles. The summed E-state index contributed by atoms with van der Waals surface area (Å²) in [6.45, 7) is 1.47. The van der Waals surface area contributed by atoms with E-state index in [1.807, 2.05) is 48.2 Å². The van der Waals surface area contributed by atoms with Crippen molar-refractivity contribution in [2.24, 2.45) is 0 Å². The molecular weight excluding hydrogens is 316 g/mol. The molecule has 1 saturated carbocycles. The zero-order valence-electron chi connectivity index (χ0n) is 14.8. The molecule has 0 unspecified atom stereocenters. The molecule has 1 aromatic carbocycles. The molecule has 4 rings (SSSR count). The van der Waals surface area contributed by atoms with E-state index in [1.165, 1.54) is 12.8 Å². The third-order valence-electron chi connectivity index (χ3n) is 5.14. The Bertz CT molecular complexity index is 741. The molecule has 2 aliphatic rings. The zero-order chi connectivity index (χ0) is 17.4. The minimum Gasteiger partial charge on any atom is -0.425 e. The monoisotopic (exact) mass is 340 g/mol. The highest BCUT2D eigenvalue weighted by Crippen LogP contribution is 2.40. The second-order valence-electron chi connectivity index (χ2n) is 7.26. The van der Waals surface area contributed by atoms with Crippen molar-refractivity contribution < 1.29 is 9.21 Å². The van der Waals surface area contributed by atoms with Crippen LogP contribution in [-0.4, -0.2) is 48.2 Å². The van der Waals surface area contributed by atoms with Gasteiger partial charge in [-0.15, -0.1) is 10.2 Å². The highest BCUT2D eigenvalue weighted by Gasteiger charge is 2.32. The Morgan fingerprint density at radius 3 is 2.08 bits per heavy atom. The molecule has 0 bridgehead atoms. The van der Waals surface area contributed by atoms with Gasteiger partial charge >= 0.3 is 0 Å². The van der Waals surface area contributed by atoms with E-state index in [0.29, 0.717) is 5.92 Å². The van der Waals surface area contributed by atoms with Gasteiger partial charge in [-0.2, -0.15) is 0 Å². The van der Waals surface area contributed by atoms with Gasteiger partial charge in [-0.05, 0) is 49.9 Å². The van der Waals surface area contributed by atoms with Crippen LogP contribution in [0.2, 0.25) is 0 Å². The molecule has 1 saturated heterocycles. The zero-order valence-corrected chi connectivity index (χ0v) is 14.8. The predicted molar refractivity (Wildman–Crippen MR) is 94.9 cm³/mol. The van der Waals surface area contributed by atoms with Gasteiger partial charge in [-0.25, -0.2) is 0 Å². The van der Waals surface area contributed by atoms with E-state index in [2.05, 4.69) is 10.2 Å². The van der Waals surface area contributed by atoms with Crippen LogP contribution in [0.25, 0.3) is 0 Å². The van der Waals surface area contributed by atoms with Crippen LogP contribution in [0.3, 0.4) is 0 Å². The van der Waals surface area contributed by atoms with Gasteiger partial charge in [0.1, 0.15) is 0 Å². The second-order valence-corrected chi connectivity index (χ2v) is 7.26. The molecule has 1 aliphatic heterocycles. The number of hydrogen-bond donors (Lipinski definition) is 0. The van der Waals surface area contributed by atoms with Crippen LogP contribution in [0.4, 0.5) is 5.69 Å². The van der Waals surface area contributed by atoms with E-state index in [9.17, 15) is 4.79 Å². The number of nitrogens with zero attached hydrogens (tertiary/aromatic N) is 4. The summed E-state index contributed by atoms with van der Waals surface area (Å²) in [5.41, 5.74) is 1.84.